The van der Waals surface area contributed by atoms with Crippen LogP contribution in [-0.2, 0) is 38.5 Å². The molecular formula is C66H98N8O4. The van der Waals surface area contributed by atoms with Crippen molar-refractivity contribution >= 4 is 34.6 Å². The van der Waals surface area contributed by atoms with E-state index in [1.807, 2.05) is 37.9 Å². The van der Waals surface area contributed by atoms with Gasteiger partial charge < -0.3 is 45.3 Å². The number of aryl methyl sites for hydroxylation is 1. The Kier molecular flexibility index (Phi) is 29.1. The first-order valence-electron chi connectivity index (χ1n) is 27.8. The van der Waals surface area contributed by atoms with Crippen molar-refractivity contribution in [1.29, 1.82) is 0 Å². The molecule has 2 fully saturated rings. The fourth-order valence-electron chi connectivity index (χ4n) is 10.3. The van der Waals surface area contributed by atoms with Crippen LogP contribution in [0.2, 0.25) is 0 Å². The SMILES string of the molecule is C#C/C(=C\C(=C(/C)C(C)OC)c1c(CC(C)(C)CCC=O)c2cc(-c3cccc(CC(NC(=C)C(C(C)C)N(C)C=C)C(=O)N4CCCC(=C)N4)c3)ccc2n1CC)C1CN(C)C1.C=C.C=CC(=O)N1CC=CC1.CC.CN. The standard InChI is InChI=1S/C54H74N6O3.C7H9NO.C2H6.C2H4.CH5N/c1-15-42(45-34-57(12)35-45)31-46(38(7)40(9)63-14)52-48(33-54(10,11)26-20-28-61)47-32-44(24-25-50(47)59(52)17-3)43-23-18-22-41(29-43)30-49(53(62)60-27-19-21-37(6)56-60)55-39(8)51(36(4)5)58(13)16-2;1-2-7(9)8-5-3-4-6-8;3*1-2/h1,16,18,22-25,28-29,31-32,36,40,45,49,51,55-56H,2,6,8,17,19-21,26-27,30,33-35H2,3-5,7,9-14H3;2-4H,1,5-6H2;1-2H3;1-2H2;2H2,1H3/b42-31+,46-38-;;;;. The summed E-state index contributed by atoms with van der Waals surface area (Å²) >= 11 is 0. The van der Waals surface area contributed by atoms with Crippen LogP contribution in [0.4, 0.5) is 0 Å². The lowest BCUT2D eigenvalue weighted by Crippen LogP contribution is -2.55. The molecule has 2 amide bonds. The number of nitrogens with one attached hydrogen (secondary N) is 2. The van der Waals surface area contributed by atoms with Gasteiger partial charge in [-0.15, -0.1) is 19.6 Å². The Labute approximate surface area is 471 Å². The van der Waals surface area contributed by atoms with Crippen LogP contribution in [0, 0.1) is 29.6 Å². The number of hydrazine groups is 1. The van der Waals surface area contributed by atoms with Crippen LogP contribution < -0.4 is 16.5 Å². The predicted molar refractivity (Wildman–Crippen MR) is 331 cm³/mol. The Balaban J connectivity index is 0.00000122. The zero-order valence-corrected chi connectivity index (χ0v) is 50.1. The lowest BCUT2D eigenvalue weighted by Gasteiger charge is -2.37. The first-order valence-corrected chi connectivity index (χ1v) is 27.8. The topological polar surface area (TPSA) is 128 Å². The van der Waals surface area contributed by atoms with Gasteiger partial charge >= 0.3 is 0 Å². The number of hydrogen-bond donors (Lipinski definition) is 3. The molecule has 12 nitrogen and oxygen atoms in total. The quantitative estimate of drug-likeness (QED) is 0.0296. The smallest absolute Gasteiger partial charge is 0.263 e. The van der Waals surface area contributed by atoms with Gasteiger partial charge in [0.05, 0.1) is 17.8 Å². The van der Waals surface area contributed by atoms with Gasteiger partial charge in [0.25, 0.3) is 5.91 Å². The van der Waals surface area contributed by atoms with E-state index in [4.69, 9.17) is 11.2 Å². The van der Waals surface area contributed by atoms with Gasteiger partial charge in [-0.3, -0.25) is 14.6 Å². The van der Waals surface area contributed by atoms with Crippen LogP contribution in [0.25, 0.3) is 27.6 Å². The number of rotatable bonds is 22. The number of benzene rings is 2. The molecule has 3 aliphatic rings. The van der Waals surface area contributed by atoms with Gasteiger partial charge in [-0.1, -0.05) is 116 Å². The molecular weight excluding hydrogens is 969 g/mol. The number of aldehydes is 1. The van der Waals surface area contributed by atoms with E-state index in [2.05, 4.69) is 175 Å². The molecule has 6 rings (SSSR count). The highest BCUT2D eigenvalue weighted by molar-refractivity contribution is 5.96. The van der Waals surface area contributed by atoms with E-state index in [9.17, 15) is 14.4 Å². The second-order valence-electron chi connectivity index (χ2n) is 20.9. The molecule has 78 heavy (non-hydrogen) atoms. The van der Waals surface area contributed by atoms with Gasteiger partial charge in [0, 0.05) is 106 Å². The molecule has 1 aromatic heterocycles. The summed E-state index contributed by atoms with van der Waals surface area (Å²) in [6, 6.07) is 14.7. The van der Waals surface area contributed by atoms with Crippen LogP contribution in [-0.4, -0.2) is 122 Å². The number of allylic oxidation sites excluding steroid dienone is 3. The van der Waals surface area contributed by atoms with Crippen molar-refractivity contribution in [2.75, 3.05) is 61.0 Å². The highest BCUT2D eigenvalue weighted by Crippen LogP contribution is 2.42. The molecule has 0 saturated carbocycles. The zero-order valence-electron chi connectivity index (χ0n) is 50.1. The van der Waals surface area contributed by atoms with Crippen molar-refractivity contribution < 1.29 is 19.1 Å². The number of aromatic nitrogens is 1. The summed E-state index contributed by atoms with van der Waals surface area (Å²) in [4.78, 5) is 42.9. The Bertz CT molecular complexity index is 2610. The third-order valence-corrected chi connectivity index (χ3v) is 14.5. The first kappa shape index (κ1) is 67.5. The first-order chi connectivity index (χ1) is 37.3. The number of methoxy groups -OCH3 is 1. The van der Waals surface area contributed by atoms with Gasteiger partial charge in [0.2, 0.25) is 5.91 Å². The van der Waals surface area contributed by atoms with Crippen LogP contribution in [0.3, 0.4) is 0 Å². The summed E-state index contributed by atoms with van der Waals surface area (Å²) in [7, 11) is 7.38. The van der Waals surface area contributed by atoms with Crippen molar-refractivity contribution in [3.8, 4) is 23.5 Å². The average Bonchev–Trinajstić information content (AvgIpc) is 4.11. The predicted octanol–water partition coefficient (Wildman–Crippen LogP) is 11.5. The van der Waals surface area contributed by atoms with E-state index >= 15 is 0 Å². The van der Waals surface area contributed by atoms with Crippen molar-refractivity contribution in [1.82, 2.24) is 35.0 Å². The summed E-state index contributed by atoms with van der Waals surface area (Å²) < 4.78 is 8.41. The maximum Gasteiger partial charge on any atom is 0.263 e. The number of carbonyl (C=O) groups is 3. The van der Waals surface area contributed by atoms with E-state index < -0.39 is 6.04 Å². The average molecular weight is 1070 g/mol. The highest BCUT2D eigenvalue weighted by atomic mass is 16.5. The third-order valence-electron chi connectivity index (χ3n) is 14.5. The summed E-state index contributed by atoms with van der Waals surface area (Å²) in [5, 5.41) is 6.46. The summed E-state index contributed by atoms with van der Waals surface area (Å²) in [6.45, 7) is 46.0. The monoisotopic (exact) mass is 1070 g/mol. The Morgan fingerprint density at radius 2 is 1.69 bits per heavy atom. The fraction of sp³-hybridized carbons (Fsp3) is 0.470. The fourth-order valence-corrected chi connectivity index (χ4v) is 10.3. The van der Waals surface area contributed by atoms with Crippen molar-refractivity contribution in [2.45, 2.75) is 126 Å². The van der Waals surface area contributed by atoms with Gasteiger partial charge in [-0.25, -0.2) is 0 Å². The Hall–Kier alpha value is -6.65. The number of fused-ring (bicyclic) bond motifs is 1. The van der Waals surface area contributed by atoms with E-state index in [1.165, 1.54) is 24.1 Å². The number of carbonyl (C=O) groups excluding carboxylic acids is 3. The highest BCUT2D eigenvalue weighted by Gasteiger charge is 2.32. The van der Waals surface area contributed by atoms with Crippen molar-refractivity contribution in [3.63, 3.8) is 0 Å². The maximum atomic E-state index is 14.4. The normalized spacial score (nSPS) is 15.8. The molecule has 12 heteroatoms. The Morgan fingerprint density at radius 3 is 2.23 bits per heavy atom. The molecule has 0 radical (unpaired) electrons. The molecule has 3 aromatic rings. The molecule has 0 spiro atoms. The van der Waals surface area contributed by atoms with Crippen LogP contribution >= 0.6 is 0 Å². The molecule has 2 saturated heterocycles. The van der Waals surface area contributed by atoms with Crippen LogP contribution in [0.1, 0.15) is 105 Å². The molecule has 4 heterocycles. The summed E-state index contributed by atoms with van der Waals surface area (Å²) in [5.41, 5.74) is 19.1. The number of terminal acetylenes is 1. The number of likely N-dealkylation sites (N-methyl/N-ethyl adjacent to an activating group) is 1. The van der Waals surface area contributed by atoms with Gasteiger partial charge in [-0.2, -0.15) is 0 Å². The summed E-state index contributed by atoms with van der Waals surface area (Å²) in [6.07, 6.45) is 20.7. The number of nitrogens with zero attached hydrogens (tertiary/aromatic N) is 5. The molecule has 426 valence electrons. The molecule has 0 aliphatic carbocycles. The minimum absolute atomic E-state index is 0.0139. The molecule has 2 aromatic carbocycles. The molecule has 0 bridgehead atoms. The van der Waals surface area contributed by atoms with E-state index in [-0.39, 0.29) is 35.3 Å². The number of amides is 2. The molecule has 3 aliphatic heterocycles. The van der Waals surface area contributed by atoms with Gasteiger partial charge in [-0.05, 0) is 130 Å². The zero-order chi connectivity index (χ0) is 58.9. The second-order valence-corrected chi connectivity index (χ2v) is 20.9. The molecule has 3 unspecified atom stereocenters. The minimum atomic E-state index is -0.571. The molecule has 3 atom stereocenters. The Morgan fingerprint density at radius 1 is 1.05 bits per heavy atom. The number of likely N-dealkylation sites (tertiary alicyclic amines) is 1. The van der Waals surface area contributed by atoms with E-state index in [0.717, 1.165) is 121 Å². The van der Waals surface area contributed by atoms with Gasteiger partial charge in [0.15, 0.2) is 0 Å². The van der Waals surface area contributed by atoms with Crippen LogP contribution in [0.15, 0.2) is 135 Å². The summed E-state index contributed by atoms with van der Waals surface area (Å²) in [5.74, 6) is 3.58. The minimum Gasteiger partial charge on any atom is -0.377 e. The van der Waals surface area contributed by atoms with Crippen LogP contribution in [0.5, 0.6) is 0 Å². The molecule has 4 N–H and O–H groups in total. The largest absolute Gasteiger partial charge is 0.377 e. The lowest BCUT2D eigenvalue weighted by atomic mass is 9.79. The number of ether oxygens (including phenoxy) is 1. The second kappa shape index (κ2) is 33.6. The third kappa shape index (κ3) is 18.2. The van der Waals surface area contributed by atoms with E-state index in [1.54, 1.807) is 23.2 Å². The lowest BCUT2D eigenvalue weighted by molar-refractivity contribution is -0.136. The van der Waals surface area contributed by atoms with Gasteiger partial charge in [0.1, 0.15) is 12.3 Å². The van der Waals surface area contributed by atoms with E-state index in [0.29, 0.717) is 25.3 Å². The maximum absolute atomic E-state index is 14.4. The van der Waals surface area contributed by atoms with Crippen molar-refractivity contribution in [2.24, 2.45) is 23.0 Å². The number of nitrogens with two attached hydrogens (primary N) is 1. The number of hydrogen-bond acceptors (Lipinski definition) is 9. The van der Waals surface area contributed by atoms with Crippen molar-refractivity contribution in [3.05, 3.63) is 152 Å².